The van der Waals surface area contributed by atoms with Crippen molar-refractivity contribution in [3.63, 3.8) is 0 Å². The molecule has 0 aromatic rings. The summed E-state index contributed by atoms with van der Waals surface area (Å²) in [5.41, 5.74) is 6.66. The maximum Gasteiger partial charge on any atom is 0.119 e. The molecule has 0 saturated carbocycles. The van der Waals surface area contributed by atoms with E-state index >= 15 is 0 Å². The minimum atomic E-state index is -0.511. The van der Waals surface area contributed by atoms with Crippen molar-refractivity contribution < 1.29 is 0 Å². The molecule has 1 aliphatic rings. The molecule has 0 aromatic heterocycles. The summed E-state index contributed by atoms with van der Waals surface area (Å²) in [6.07, 6.45) is 2.51. The Kier molecular flexibility index (Phi) is 2.65. The van der Waals surface area contributed by atoms with Crippen LogP contribution in [0.1, 0.15) is 20.3 Å². The van der Waals surface area contributed by atoms with Gasteiger partial charge in [-0.2, -0.15) is 5.26 Å². The standard InChI is InChI=1S/C8H13N3S/c1-6(2)3-8(10)7(4-9)5-11-12-8/h5-6,11H,3,10H2,1-2H3. The molecule has 0 bridgehead atoms. The van der Waals surface area contributed by atoms with Crippen LogP contribution in [0.4, 0.5) is 0 Å². The van der Waals surface area contributed by atoms with E-state index in [0.29, 0.717) is 11.5 Å². The summed E-state index contributed by atoms with van der Waals surface area (Å²) in [6.45, 7) is 4.20. The van der Waals surface area contributed by atoms with Gasteiger partial charge in [-0.25, -0.2) is 0 Å². The van der Waals surface area contributed by atoms with Crippen LogP contribution in [0.25, 0.3) is 0 Å². The second-order valence-corrected chi connectivity index (χ2v) is 4.55. The van der Waals surface area contributed by atoms with Crippen LogP contribution >= 0.6 is 11.9 Å². The molecule has 3 N–H and O–H groups in total. The highest BCUT2D eigenvalue weighted by Crippen LogP contribution is 2.35. The van der Waals surface area contributed by atoms with Gasteiger partial charge in [-0.1, -0.05) is 13.8 Å². The highest BCUT2D eigenvalue weighted by Gasteiger charge is 2.35. The van der Waals surface area contributed by atoms with E-state index < -0.39 is 4.87 Å². The molecule has 66 valence electrons. The van der Waals surface area contributed by atoms with Gasteiger partial charge in [0, 0.05) is 6.20 Å². The number of rotatable bonds is 2. The van der Waals surface area contributed by atoms with Crippen LogP contribution in [0, 0.1) is 17.2 Å². The molecule has 0 aromatic carbocycles. The molecule has 1 heterocycles. The molecule has 1 atom stereocenters. The maximum atomic E-state index is 8.76. The van der Waals surface area contributed by atoms with Gasteiger partial charge in [-0.15, -0.1) is 0 Å². The molecule has 0 radical (unpaired) electrons. The van der Waals surface area contributed by atoms with Gasteiger partial charge in [-0.3, -0.25) is 0 Å². The topological polar surface area (TPSA) is 61.8 Å². The Morgan fingerprint density at radius 1 is 1.83 bits per heavy atom. The van der Waals surface area contributed by atoms with Gasteiger partial charge in [0.05, 0.1) is 11.6 Å². The molecule has 0 aliphatic carbocycles. The summed E-state index contributed by atoms with van der Waals surface area (Å²) in [4.78, 5) is -0.511. The van der Waals surface area contributed by atoms with Crippen LogP contribution in [-0.4, -0.2) is 4.87 Å². The first-order valence-electron chi connectivity index (χ1n) is 3.91. The summed E-state index contributed by atoms with van der Waals surface area (Å²) in [7, 11) is 0. The van der Waals surface area contributed by atoms with Crippen LogP contribution in [0.15, 0.2) is 11.8 Å². The van der Waals surface area contributed by atoms with E-state index in [1.165, 1.54) is 11.9 Å². The number of hydrogen-bond acceptors (Lipinski definition) is 4. The minimum absolute atomic E-state index is 0.499. The second kappa shape index (κ2) is 3.38. The molecule has 1 rings (SSSR count). The lowest BCUT2D eigenvalue weighted by Crippen LogP contribution is -2.37. The van der Waals surface area contributed by atoms with E-state index in [4.69, 9.17) is 11.0 Å². The molecule has 4 heteroatoms. The zero-order valence-corrected chi connectivity index (χ0v) is 8.11. The Morgan fingerprint density at radius 2 is 2.50 bits per heavy atom. The zero-order valence-electron chi connectivity index (χ0n) is 7.29. The second-order valence-electron chi connectivity index (χ2n) is 3.38. The highest BCUT2D eigenvalue weighted by molar-refractivity contribution is 7.99. The summed E-state index contributed by atoms with van der Waals surface area (Å²) in [5.74, 6) is 0.499. The third-order valence-electron chi connectivity index (χ3n) is 1.73. The van der Waals surface area contributed by atoms with Crippen LogP contribution in [0.5, 0.6) is 0 Å². The van der Waals surface area contributed by atoms with Gasteiger partial charge in [-0.05, 0) is 24.3 Å². The van der Waals surface area contributed by atoms with Gasteiger partial charge in [0.1, 0.15) is 4.87 Å². The van der Waals surface area contributed by atoms with Crippen LogP contribution < -0.4 is 10.5 Å². The van der Waals surface area contributed by atoms with Gasteiger partial charge in [0.2, 0.25) is 0 Å². The molecule has 1 unspecified atom stereocenters. The summed E-state index contributed by atoms with van der Waals surface area (Å²) in [6, 6.07) is 2.11. The molecule has 0 amide bonds. The molecule has 0 fully saturated rings. The SMILES string of the molecule is CC(C)CC1(N)SNC=C1C#N. The fraction of sp³-hybridized carbons (Fsp3) is 0.625. The van der Waals surface area contributed by atoms with E-state index in [2.05, 4.69) is 24.6 Å². The summed E-state index contributed by atoms with van der Waals surface area (Å²) in [5, 5.41) is 8.76. The van der Waals surface area contributed by atoms with Crippen LogP contribution in [-0.2, 0) is 0 Å². The Labute approximate surface area is 77.1 Å². The fourth-order valence-electron chi connectivity index (χ4n) is 1.26. The first kappa shape index (κ1) is 9.43. The van der Waals surface area contributed by atoms with Gasteiger partial charge < -0.3 is 10.5 Å². The first-order valence-corrected chi connectivity index (χ1v) is 4.73. The molecule has 1 aliphatic heterocycles. The van der Waals surface area contributed by atoms with Crippen molar-refractivity contribution in [1.82, 2.24) is 4.72 Å². The molecule has 12 heavy (non-hydrogen) atoms. The third kappa shape index (κ3) is 1.74. The number of nitrogens with zero attached hydrogens (tertiary/aromatic N) is 1. The molecular weight excluding hydrogens is 170 g/mol. The number of nitrogens with one attached hydrogen (secondary N) is 1. The van der Waals surface area contributed by atoms with E-state index in [-0.39, 0.29) is 0 Å². The van der Waals surface area contributed by atoms with Crippen LogP contribution in [0.2, 0.25) is 0 Å². The Hall–Kier alpha value is -0.660. The third-order valence-corrected chi connectivity index (χ3v) is 2.72. The predicted molar refractivity (Wildman–Crippen MR) is 50.8 cm³/mol. The van der Waals surface area contributed by atoms with E-state index in [9.17, 15) is 0 Å². The van der Waals surface area contributed by atoms with E-state index in [0.717, 1.165) is 6.42 Å². The number of nitriles is 1. The molecular formula is C8H13N3S. The quantitative estimate of drug-likeness (QED) is 0.634. The average Bonchev–Trinajstić information content (AvgIpc) is 2.28. The van der Waals surface area contributed by atoms with E-state index in [1.54, 1.807) is 6.20 Å². The van der Waals surface area contributed by atoms with Crippen molar-refractivity contribution >= 4 is 11.9 Å². The molecule has 0 saturated heterocycles. The predicted octanol–water partition coefficient (Wildman–Crippen LogP) is 1.35. The van der Waals surface area contributed by atoms with Crippen LogP contribution in [0.3, 0.4) is 0 Å². The average molecular weight is 183 g/mol. The van der Waals surface area contributed by atoms with Gasteiger partial charge >= 0.3 is 0 Å². The highest BCUT2D eigenvalue weighted by atomic mass is 32.2. The summed E-state index contributed by atoms with van der Waals surface area (Å²) >= 11 is 1.42. The van der Waals surface area contributed by atoms with Gasteiger partial charge in [0.25, 0.3) is 0 Å². The number of nitrogens with two attached hydrogens (primary N) is 1. The lowest BCUT2D eigenvalue weighted by molar-refractivity contribution is 0.512. The number of hydrogen-bond donors (Lipinski definition) is 2. The lowest BCUT2D eigenvalue weighted by atomic mass is 9.98. The normalized spacial score (nSPS) is 28.1. The largest absolute Gasteiger partial charge is 0.334 e. The lowest BCUT2D eigenvalue weighted by Gasteiger charge is -2.23. The fourth-order valence-corrected chi connectivity index (χ4v) is 2.27. The van der Waals surface area contributed by atoms with E-state index in [1.807, 2.05) is 0 Å². The van der Waals surface area contributed by atoms with Crippen molar-refractivity contribution in [2.24, 2.45) is 11.7 Å². The van der Waals surface area contributed by atoms with Gasteiger partial charge in [0.15, 0.2) is 0 Å². The Balaban J connectivity index is 2.73. The summed E-state index contributed by atoms with van der Waals surface area (Å²) < 4.78 is 2.93. The van der Waals surface area contributed by atoms with Crippen molar-refractivity contribution in [2.75, 3.05) is 0 Å². The minimum Gasteiger partial charge on any atom is -0.334 e. The zero-order chi connectivity index (χ0) is 9.19. The maximum absolute atomic E-state index is 8.76. The van der Waals surface area contributed by atoms with Crippen molar-refractivity contribution in [3.05, 3.63) is 11.8 Å². The smallest absolute Gasteiger partial charge is 0.119 e. The molecule has 0 spiro atoms. The first-order chi connectivity index (χ1) is 5.58. The van der Waals surface area contributed by atoms with Crippen molar-refractivity contribution in [2.45, 2.75) is 25.1 Å². The monoisotopic (exact) mass is 183 g/mol. The Bertz CT molecular complexity index is 241. The Morgan fingerprint density at radius 3 is 3.00 bits per heavy atom. The van der Waals surface area contributed by atoms with Crippen molar-refractivity contribution in [3.8, 4) is 6.07 Å². The molecule has 3 nitrogen and oxygen atoms in total. The van der Waals surface area contributed by atoms with Crippen molar-refractivity contribution in [1.29, 1.82) is 5.26 Å².